The van der Waals surface area contributed by atoms with Crippen molar-refractivity contribution in [2.75, 3.05) is 6.26 Å². The topological polar surface area (TPSA) is 82.8 Å². The van der Waals surface area contributed by atoms with Crippen LogP contribution in [-0.2, 0) is 26.3 Å². The standard InChI is InChI=1S/C20H34O6S/c1-3-4-5-6-7-8-9-10-11-12-13-14-19(21)24-17-18-15-16-20(25-18)26-27(2,22)23/h15-16H,3-14,17H2,1-2H3. The summed E-state index contributed by atoms with van der Waals surface area (Å²) in [5.74, 6) is -0.0530. The molecule has 0 unspecified atom stereocenters. The van der Waals surface area contributed by atoms with E-state index in [4.69, 9.17) is 9.15 Å². The Balaban J connectivity index is 1.99. The molecule has 6 nitrogen and oxygen atoms in total. The Morgan fingerprint density at radius 3 is 2.04 bits per heavy atom. The number of unbranched alkanes of at least 4 members (excludes halogenated alkanes) is 10. The van der Waals surface area contributed by atoms with E-state index >= 15 is 0 Å². The first kappa shape index (κ1) is 23.5. The van der Waals surface area contributed by atoms with E-state index in [1.54, 1.807) is 0 Å². The van der Waals surface area contributed by atoms with Crippen LogP contribution in [0.2, 0.25) is 0 Å². The normalized spacial score (nSPS) is 11.5. The summed E-state index contributed by atoms with van der Waals surface area (Å²) >= 11 is 0. The summed E-state index contributed by atoms with van der Waals surface area (Å²) in [4.78, 5) is 11.7. The maximum Gasteiger partial charge on any atom is 0.308 e. The molecule has 0 amide bonds. The van der Waals surface area contributed by atoms with Crippen LogP contribution in [0.5, 0.6) is 5.95 Å². The van der Waals surface area contributed by atoms with Crippen molar-refractivity contribution in [3.63, 3.8) is 0 Å². The third-order valence-corrected chi connectivity index (χ3v) is 4.70. The van der Waals surface area contributed by atoms with Crippen molar-refractivity contribution in [2.45, 2.75) is 90.6 Å². The van der Waals surface area contributed by atoms with Gasteiger partial charge in [-0.15, -0.1) is 0 Å². The van der Waals surface area contributed by atoms with Crippen molar-refractivity contribution >= 4 is 16.1 Å². The summed E-state index contributed by atoms with van der Waals surface area (Å²) in [7, 11) is -3.63. The summed E-state index contributed by atoms with van der Waals surface area (Å²) in [6, 6.07) is 2.91. The highest BCUT2D eigenvalue weighted by Crippen LogP contribution is 2.18. The Hall–Kier alpha value is -1.50. The van der Waals surface area contributed by atoms with Gasteiger partial charge in [-0.3, -0.25) is 4.79 Å². The molecular formula is C20H34O6S. The van der Waals surface area contributed by atoms with Crippen LogP contribution in [0, 0.1) is 0 Å². The van der Waals surface area contributed by atoms with Gasteiger partial charge in [-0.05, 0) is 12.5 Å². The molecule has 1 rings (SSSR count). The molecule has 1 aromatic heterocycles. The summed E-state index contributed by atoms with van der Waals surface area (Å²) < 4.78 is 36.8. The van der Waals surface area contributed by atoms with E-state index in [0.717, 1.165) is 25.5 Å². The van der Waals surface area contributed by atoms with Crippen LogP contribution in [-0.4, -0.2) is 20.6 Å². The maximum absolute atomic E-state index is 11.7. The maximum atomic E-state index is 11.7. The van der Waals surface area contributed by atoms with Gasteiger partial charge in [-0.1, -0.05) is 71.1 Å². The lowest BCUT2D eigenvalue weighted by Gasteiger charge is -2.04. The number of esters is 1. The third kappa shape index (κ3) is 13.3. The van der Waals surface area contributed by atoms with Gasteiger partial charge in [-0.25, -0.2) is 0 Å². The first-order valence-corrected chi connectivity index (χ1v) is 11.9. The van der Waals surface area contributed by atoms with Crippen LogP contribution in [0.25, 0.3) is 0 Å². The van der Waals surface area contributed by atoms with E-state index in [0.29, 0.717) is 12.2 Å². The lowest BCUT2D eigenvalue weighted by molar-refractivity contribution is -0.145. The molecule has 27 heavy (non-hydrogen) atoms. The summed E-state index contributed by atoms with van der Waals surface area (Å²) in [5, 5.41) is 0. The van der Waals surface area contributed by atoms with Crippen molar-refractivity contribution in [1.82, 2.24) is 0 Å². The molecule has 0 aliphatic heterocycles. The molecule has 0 aliphatic carbocycles. The van der Waals surface area contributed by atoms with Gasteiger partial charge < -0.3 is 13.3 Å². The smallest absolute Gasteiger partial charge is 0.308 e. The minimum absolute atomic E-state index is 0.0238. The zero-order valence-corrected chi connectivity index (χ0v) is 17.5. The summed E-state index contributed by atoms with van der Waals surface area (Å²) in [6.45, 7) is 2.21. The molecule has 1 aromatic rings. The quantitative estimate of drug-likeness (QED) is 0.210. The van der Waals surface area contributed by atoms with Gasteiger partial charge in [0.15, 0.2) is 0 Å². The van der Waals surface area contributed by atoms with Crippen LogP contribution in [0.4, 0.5) is 0 Å². The molecular weight excluding hydrogens is 368 g/mol. The van der Waals surface area contributed by atoms with Crippen molar-refractivity contribution in [2.24, 2.45) is 0 Å². The van der Waals surface area contributed by atoms with Crippen LogP contribution in [0.15, 0.2) is 16.5 Å². The zero-order chi connectivity index (χ0) is 20.0. The largest absolute Gasteiger partial charge is 0.457 e. The van der Waals surface area contributed by atoms with Gasteiger partial charge in [0, 0.05) is 12.5 Å². The Bertz CT molecular complexity index is 620. The Morgan fingerprint density at radius 1 is 0.926 bits per heavy atom. The zero-order valence-electron chi connectivity index (χ0n) is 16.7. The summed E-state index contributed by atoms with van der Waals surface area (Å²) in [5.41, 5.74) is 0. The lowest BCUT2D eigenvalue weighted by Crippen LogP contribution is -2.05. The third-order valence-electron chi connectivity index (χ3n) is 4.23. The molecule has 0 radical (unpaired) electrons. The average molecular weight is 403 g/mol. The van der Waals surface area contributed by atoms with Gasteiger partial charge in [-0.2, -0.15) is 8.42 Å². The second-order valence-electron chi connectivity index (χ2n) is 6.95. The highest BCUT2D eigenvalue weighted by atomic mass is 32.2. The van der Waals surface area contributed by atoms with E-state index in [1.165, 1.54) is 63.5 Å². The molecule has 0 saturated heterocycles. The second-order valence-corrected chi connectivity index (χ2v) is 8.53. The molecule has 0 atom stereocenters. The van der Waals surface area contributed by atoms with Crippen LogP contribution in [0.1, 0.15) is 89.7 Å². The van der Waals surface area contributed by atoms with Gasteiger partial charge in [0.25, 0.3) is 0 Å². The van der Waals surface area contributed by atoms with Gasteiger partial charge >= 0.3 is 22.0 Å². The SMILES string of the molecule is CCCCCCCCCCCCCC(=O)OCc1ccc(OS(C)(=O)=O)o1. The predicted molar refractivity (Wildman–Crippen MR) is 105 cm³/mol. The first-order valence-electron chi connectivity index (χ1n) is 10.0. The number of carbonyl (C=O) groups is 1. The molecule has 1 heterocycles. The van der Waals surface area contributed by atoms with Crippen LogP contribution >= 0.6 is 0 Å². The fraction of sp³-hybridized carbons (Fsp3) is 0.750. The van der Waals surface area contributed by atoms with Gasteiger partial charge in [0.2, 0.25) is 0 Å². The number of rotatable bonds is 16. The van der Waals surface area contributed by atoms with E-state index < -0.39 is 10.1 Å². The monoisotopic (exact) mass is 402 g/mol. The Morgan fingerprint density at radius 2 is 1.48 bits per heavy atom. The molecule has 0 aromatic carbocycles. The van der Waals surface area contributed by atoms with Gasteiger partial charge in [0.05, 0.1) is 6.26 Å². The van der Waals surface area contributed by atoms with Crippen molar-refractivity contribution in [3.05, 3.63) is 17.9 Å². The fourth-order valence-corrected chi connectivity index (χ4v) is 3.18. The van der Waals surface area contributed by atoms with E-state index in [9.17, 15) is 13.2 Å². The minimum Gasteiger partial charge on any atom is -0.457 e. The molecule has 0 saturated carbocycles. The molecule has 0 fully saturated rings. The summed E-state index contributed by atoms with van der Waals surface area (Å²) in [6.07, 6.45) is 14.9. The number of furan rings is 1. The molecule has 7 heteroatoms. The number of ether oxygens (including phenoxy) is 1. The number of carbonyl (C=O) groups excluding carboxylic acids is 1. The van der Waals surface area contributed by atoms with Crippen molar-refractivity contribution < 1.29 is 26.5 Å². The second kappa shape index (κ2) is 13.6. The highest BCUT2D eigenvalue weighted by Gasteiger charge is 2.11. The Kier molecular flexibility index (Phi) is 11.9. The lowest BCUT2D eigenvalue weighted by atomic mass is 10.1. The van der Waals surface area contributed by atoms with Crippen LogP contribution in [0.3, 0.4) is 0 Å². The molecule has 0 spiro atoms. The highest BCUT2D eigenvalue weighted by molar-refractivity contribution is 7.86. The predicted octanol–water partition coefficient (Wildman–Crippen LogP) is 5.36. The first-order chi connectivity index (χ1) is 12.9. The van der Waals surface area contributed by atoms with E-state index in [1.807, 2.05) is 0 Å². The van der Waals surface area contributed by atoms with Crippen LogP contribution < -0.4 is 4.18 Å². The molecule has 156 valence electrons. The van der Waals surface area contributed by atoms with Crippen molar-refractivity contribution in [1.29, 1.82) is 0 Å². The molecule has 0 bridgehead atoms. The molecule has 0 N–H and O–H groups in total. The fourth-order valence-electron chi connectivity index (χ4n) is 2.79. The minimum atomic E-state index is -3.63. The van der Waals surface area contributed by atoms with Gasteiger partial charge in [0.1, 0.15) is 12.4 Å². The number of hydrogen-bond acceptors (Lipinski definition) is 6. The number of hydrogen-bond donors (Lipinski definition) is 0. The average Bonchev–Trinajstić information content (AvgIpc) is 3.03. The molecule has 0 aliphatic rings. The van der Waals surface area contributed by atoms with Crippen molar-refractivity contribution in [3.8, 4) is 5.95 Å². The van der Waals surface area contributed by atoms with E-state index in [2.05, 4.69) is 11.1 Å². The Labute approximate surface area is 163 Å². The van der Waals surface area contributed by atoms with E-state index in [-0.39, 0.29) is 18.5 Å².